The summed E-state index contributed by atoms with van der Waals surface area (Å²) >= 11 is 10.6. The fourth-order valence-electron chi connectivity index (χ4n) is 0.779. The van der Waals surface area contributed by atoms with Crippen molar-refractivity contribution < 1.29 is 17.6 Å². The van der Waals surface area contributed by atoms with Gasteiger partial charge in [0, 0.05) is 4.47 Å². The second-order valence-electron chi connectivity index (χ2n) is 2.35. The van der Waals surface area contributed by atoms with Crippen LogP contribution in [0.5, 0.6) is 0 Å². The van der Waals surface area contributed by atoms with E-state index < -0.39 is 27.1 Å². The summed E-state index contributed by atoms with van der Waals surface area (Å²) in [5, 5.41) is -0.576. The van der Waals surface area contributed by atoms with E-state index in [0.717, 1.165) is 0 Å². The molecule has 0 heterocycles. The van der Waals surface area contributed by atoms with Crippen molar-refractivity contribution >= 4 is 43.5 Å². The Morgan fingerprint density at radius 1 is 1.14 bits per heavy atom. The summed E-state index contributed by atoms with van der Waals surface area (Å²) < 4.78 is 49.2. The average molecular weight is 356 g/mol. The van der Waals surface area contributed by atoms with E-state index in [1.54, 1.807) is 0 Å². The molecule has 0 atom stereocenters. The average Bonchev–Trinajstić information content (AvgIpc) is 2.06. The van der Waals surface area contributed by atoms with Crippen molar-refractivity contribution in [1.82, 2.24) is 0 Å². The normalized spacial score (nSPS) is 11.9. The molecule has 0 aromatic heterocycles. The largest absolute Gasteiger partial charge is 0.417 e. The zero-order valence-corrected chi connectivity index (χ0v) is 10.2. The smallest absolute Gasteiger partial charge is 0.204 e. The van der Waals surface area contributed by atoms with E-state index in [-0.39, 0.29) is 4.47 Å². The molecule has 0 aliphatic heterocycles. The van der Waals surface area contributed by atoms with Crippen molar-refractivity contribution in [2.75, 3.05) is 0 Å². The van der Waals surface area contributed by atoms with Crippen LogP contribution in [0.4, 0.5) is 17.6 Å². The zero-order chi connectivity index (χ0) is 11.1. The number of benzene rings is 1. The summed E-state index contributed by atoms with van der Waals surface area (Å²) in [6.45, 7) is 0. The predicted molar refractivity (Wildman–Crippen MR) is 51.8 cm³/mol. The third-order valence-electron chi connectivity index (χ3n) is 1.41. The molecule has 0 bridgehead atoms. The van der Waals surface area contributed by atoms with Gasteiger partial charge in [0.15, 0.2) is 5.82 Å². The molecule has 14 heavy (non-hydrogen) atoms. The van der Waals surface area contributed by atoms with E-state index in [9.17, 15) is 17.6 Å². The summed E-state index contributed by atoms with van der Waals surface area (Å²) in [5.74, 6) is -0.924. The SMILES string of the molecule is Fc1c(Cl)cc(C(F)(F)F)c(Br)c1Br. The number of halogens is 7. The van der Waals surface area contributed by atoms with Crippen molar-refractivity contribution in [3.63, 3.8) is 0 Å². The molecule has 0 spiro atoms. The van der Waals surface area contributed by atoms with Crippen molar-refractivity contribution in [2.45, 2.75) is 6.18 Å². The lowest BCUT2D eigenvalue weighted by atomic mass is 10.2. The molecule has 0 N–H and O–H groups in total. The van der Waals surface area contributed by atoms with E-state index in [0.29, 0.717) is 6.07 Å². The molecule has 0 nitrogen and oxygen atoms in total. The maximum absolute atomic E-state index is 13.0. The van der Waals surface area contributed by atoms with Gasteiger partial charge in [-0.05, 0) is 37.9 Å². The fourth-order valence-corrected chi connectivity index (χ4v) is 2.04. The molecule has 0 amide bonds. The standard InChI is InChI=1S/C7HBr2ClF4/c8-4-2(7(12,13)14)1-3(10)6(11)5(4)9/h1H. The van der Waals surface area contributed by atoms with Crippen LogP contribution < -0.4 is 0 Å². The Kier molecular flexibility index (Phi) is 3.49. The third kappa shape index (κ3) is 2.23. The van der Waals surface area contributed by atoms with E-state index in [1.807, 2.05) is 0 Å². The van der Waals surface area contributed by atoms with E-state index in [2.05, 4.69) is 31.9 Å². The summed E-state index contributed by atoms with van der Waals surface area (Å²) in [6, 6.07) is 0.533. The molecule has 1 aromatic rings. The molecule has 0 radical (unpaired) electrons. The van der Waals surface area contributed by atoms with E-state index in [1.165, 1.54) is 0 Å². The van der Waals surface area contributed by atoms with E-state index in [4.69, 9.17) is 11.6 Å². The number of alkyl halides is 3. The lowest BCUT2D eigenvalue weighted by molar-refractivity contribution is -0.138. The summed E-state index contributed by atoms with van der Waals surface area (Å²) in [6.07, 6.45) is -4.57. The second kappa shape index (κ2) is 3.98. The number of hydrogen-bond donors (Lipinski definition) is 0. The maximum Gasteiger partial charge on any atom is 0.417 e. The highest BCUT2D eigenvalue weighted by atomic mass is 79.9. The van der Waals surface area contributed by atoms with Gasteiger partial charge in [-0.25, -0.2) is 4.39 Å². The molecule has 1 aromatic carbocycles. The van der Waals surface area contributed by atoms with Gasteiger partial charge in [0.2, 0.25) is 0 Å². The van der Waals surface area contributed by atoms with Crippen LogP contribution >= 0.6 is 43.5 Å². The van der Waals surface area contributed by atoms with E-state index >= 15 is 0 Å². The van der Waals surface area contributed by atoms with Crippen LogP contribution in [0, 0.1) is 5.82 Å². The van der Waals surface area contributed by atoms with Gasteiger partial charge >= 0.3 is 6.18 Å². The quantitative estimate of drug-likeness (QED) is 0.348. The second-order valence-corrected chi connectivity index (χ2v) is 4.34. The van der Waals surface area contributed by atoms with Gasteiger partial charge < -0.3 is 0 Å². The van der Waals surface area contributed by atoms with Crippen LogP contribution in [0.2, 0.25) is 5.02 Å². The van der Waals surface area contributed by atoms with Crippen molar-refractivity contribution in [2.24, 2.45) is 0 Å². The van der Waals surface area contributed by atoms with Gasteiger partial charge in [0.1, 0.15) is 0 Å². The number of hydrogen-bond acceptors (Lipinski definition) is 0. The predicted octanol–water partition coefficient (Wildman–Crippen LogP) is 5.02. The molecule has 78 valence electrons. The molecule has 0 fully saturated rings. The van der Waals surface area contributed by atoms with Crippen LogP contribution in [0.25, 0.3) is 0 Å². The van der Waals surface area contributed by atoms with Gasteiger partial charge in [-0.3, -0.25) is 0 Å². The lowest BCUT2D eigenvalue weighted by Crippen LogP contribution is -2.07. The van der Waals surface area contributed by atoms with Gasteiger partial charge in [-0.2, -0.15) is 13.2 Å². The molecule has 7 heteroatoms. The lowest BCUT2D eigenvalue weighted by Gasteiger charge is -2.11. The van der Waals surface area contributed by atoms with Crippen LogP contribution in [0.1, 0.15) is 5.56 Å². The minimum atomic E-state index is -4.57. The fraction of sp³-hybridized carbons (Fsp3) is 0.143. The highest BCUT2D eigenvalue weighted by Crippen LogP contribution is 2.41. The van der Waals surface area contributed by atoms with Crippen LogP contribution in [0.3, 0.4) is 0 Å². The van der Waals surface area contributed by atoms with Gasteiger partial charge in [-0.1, -0.05) is 11.6 Å². The first-order valence-electron chi connectivity index (χ1n) is 3.15. The Hall–Kier alpha value is 0.190. The van der Waals surface area contributed by atoms with Crippen molar-refractivity contribution in [3.8, 4) is 0 Å². The first kappa shape index (κ1) is 12.3. The molecule has 1 rings (SSSR count). The van der Waals surface area contributed by atoms with Crippen LogP contribution in [-0.2, 0) is 6.18 Å². The Bertz CT molecular complexity index is 375. The van der Waals surface area contributed by atoms with Gasteiger partial charge in [0.25, 0.3) is 0 Å². The number of rotatable bonds is 0. The minimum Gasteiger partial charge on any atom is -0.204 e. The Balaban J connectivity index is 3.49. The Labute approximate surface area is 98.5 Å². The zero-order valence-electron chi connectivity index (χ0n) is 6.22. The first-order valence-corrected chi connectivity index (χ1v) is 5.11. The Morgan fingerprint density at radius 2 is 1.64 bits per heavy atom. The third-order valence-corrected chi connectivity index (χ3v) is 3.78. The topological polar surface area (TPSA) is 0 Å². The highest BCUT2D eigenvalue weighted by Gasteiger charge is 2.35. The molecule has 0 saturated carbocycles. The maximum atomic E-state index is 13.0. The molecule has 0 aliphatic carbocycles. The minimum absolute atomic E-state index is 0.336. The van der Waals surface area contributed by atoms with Crippen LogP contribution in [0.15, 0.2) is 15.0 Å². The van der Waals surface area contributed by atoms with Gasteiger partial charge in [-0.15, -0.1) is 0 Å². The monoisotopic (exact) mass is 354 g/mol. The summed E-state index contributed by atoms with van der Waals surface area (Å²) in [7, 11) is 0. The molecular formula is C7HBr2ClF4. The molecule has 0 unspecified atom stereocenters. The van der Waals surface area contributed by atoms with Gasteiger partial charge in [0.05, 0.1) is 15.1 Å². The highest BCUT2D eigenvalue weighted by molar-refractivity contribution is 9.13. The van der Waals surface area contributed by atoms with Crippen LogP contribution in [-0.4, -0.2) is 0 Å². The summed E-state index contributed by atoms with van der Waals surface area (Å²) in [4.78, 5) is 0. The first-order chi connectivity index (χ1) is 6.25. The summed E-state index contributed by atoms with van der Waals surface area (Å²) in [5.41, 5.74) is -1.02. The van der Waals surface area contributed by atoms with Crippen molar-refractivity contribution in [3.05, 3.63) is 31.4 Å². The molecular weight excluding hydrogens is 355 g/mol. The van der Waals surface area contributed by atoms with Crippen molar-refractivity contribution in [1.29, 1.82) is 0 Å². The Morgan fingerprint density at radius 3 is 2.07 bits per heavy atom. The molecule has 0 saturated heterocycles. The molecule has 0 aliphatic rings.